The molecule has 0 radical (unpaired) electrons. The third-order valence-electron chi connectivity index (χ3n) is 3.65. The average Bonchev–Trinajstić information content (AvgIpc) is 2.70. The minimum atomic E-state index is 0.547. The molecule has 0 fully saturated rings. The highest BCUT2D eigenvalue weighted by Crippen LogP contribution is 2.29. The zero-order valence-electron chi connectivity index (χ0n) is 11.7. The molecule has 1 aliphatic rings. The van der Waals surface area contributed by atoms with Gasteiger partial charge < -0.3 is 14.6 Å². The molecule has 0 aliphatic heterocycles. The van der Waals surface area contributed by atoms with Crippen LogP contribution in [-0.2, 0) is 17.9 Å². The van der Waals surface area contributed by atoms with E-state index in [4.69, 9.17) is 4.74 Å². The summed E-state index contributed by atoms with van der Waals surface area (Å²) in [6, 6.07) is 0.547. The number of hydrogen-bond acceptors (Lipinski definition) is 2. The van der Waals surface area contributed by atoms with Gasteiger partial charge in [-0.3, -0.25) is 0 Å². The summed E-state index contributed by atoms with van der Waals surface area (Å²) in [5.74, 6) is 0. The number of aryl methyl sites for hydroxylation is 1. The molecule has 2 rings (SSSR count). The second-order valence-electron chi connectivity index (χ2n) is 5.13. The maximum atomic E-state index is 5.49. The minimum Gasteiger partial charge on any atom is -0.361 e. The Labute approximate surface area is 111 Å². The van der Waals surface area contributed by atoms with Crippen LogP contribution in [-0.4, -0.2) is 17.7 Å². The molecule has 0 saturated carbocycles. The highest BCUT2D eigenvalue weighted by Gasteiger charge is 2.19. The molecule has 102 valence electrons. The van der Waals surface area contributed by atoms with Gasteiger partial charge in [0.15, 0.2) is 0 Å². The first kappa shape index (κ1) is 13.6. The van der Waals surface area contributed by atoms with Crippen LogP contribution in [0.1, 0.15) is 56.7 Å². The lowest BCUT2D eigenvalue weighted by molar-refractivity contribution is 0.0879. The largest absolute Gasteiger partial charge is 0.361 e. The van der Waals surface area contributed by atoms with Crippen molar-refractivity contribution in [3.63, 3.8) is 0 Å². The predicted molar refractivity (Wildman–Crippen MR) is 74.6 cm³/mol. The number of nitrogens with zero attached hydrogens (tertiary/aromatic N) is 1. The Bertz CT molecular complexity index is 359. The van der Waals surface area contributed by atoms with Gasteiger partial charge in [0.2, 0.25) is 0 Å². The van der Waals surface area contributed by atoms with E-state index in [1.807, 2.05) is 6.92 Å². The van der Waals surface area contributed by atoms with E-state index in [2.05, 4.69) is 29.2 Å². The first-order valence-corrected chi connectivity index (χ1v) is 7.34. The Balaban J connectivity index is 2.09. The Morgan fingerprint density at radius 3 is 3.00 bits per heavy atom. The van der Waals surface area contributed by atoms with Crippen molar-refractivity contribution in [2.24, 2.45) is 0 Å². The molecule has 1 heterocycles. The van der Waals surface area contributed by atoms with Gasteiger partial charge in [-0.15, -0.1) is 0 Å². The van der Waals surface area contributed by atoms with E-state index in [0.29, 0.717) is 12.8 Å². The predicted octanol–water partition coefficient (Wildman–Crippen LogP) is 3.25. The highest BCUT2D eigenvalue weighted by atomic mass is 16.5. The first-order chi connectivity index (χ1) is 8.85. The van der Waals surface area contributed by atoms with Crippen LogP contribution >= 0.6 is 0 Å². The van der Waals surface area contributed by atoms with Crippen molar-refractivity contribution in [1.29, 1.82) is 0 Å². The molecule has 0 spiro atoms. The van der Waals surface area contributed by atoms with Crippen LogP contribution in [0.3, 0.4) is 0 Å². The van der Waals surface area contributed by atoms with Gasteiger partial charge in [0.25, 0.3) is 0 Å². The number of nitrogens with one attached hydrogen (secondary N) is 1. The monoisotopic (exact) mass is 250 g/mol. The topological polar surface area (TPSA) is 26.2 Å². The van der Waals surface area contributed by atoms with Crippen molar-refractivity contribution >= 4 is 0 Å². The molecule has 1 N–H and O–H groups in total. The maximum absolute atomic E-state index is 5.49. The number of hydrogen-bond donors (Lipinski definition) is 1. The van der Waals surface area contributed by atoms with Crippen LogP contribution in [0.5, 0.6) is 0 Å². The summed E-state index contributed by atoms with van der Waals surface area (Å²) in [6.45, 7) is 6.84. The normalized spacial score (nSPS) is 19.6. The van der Waals surface area contributed by atoms with Crippen LogP contribution < -0.4 is 5.32 Å². The molecule has 0 saturated heterocycles. The Morgan fingerprint density at radius 1 is 1.33 bits per heavy atom. The molecule has 0 aromatic carbocycles. The molecule has 1 aliphatic carbocycles. The van der Waals surface area contributed by atoms with Crippen LogP contribution in [0.4, 0.5) is 0 Å². The van der Waals surface area contributed by atoms with Crippen molar-refractivity contribution < 1.29 is 4.74 Å². The maximum Gasteiger partial charge on any atom is 0.122 e. The zero-order chi connectivity index (χ0) is 12.8. The molecule has 3 heteroatoms. The fourth-order valence-electron chi connectivity index (χ4n) is 2.72. The lowest BCUT2D eigenvalue weighted by Gasteiger charge is -2.16. The molecule has 0 bridgehead atoms. The van der Waals surface area contributed by atoms with E-state index in [-0.39, 0.29) is 0 Å². The van der Waals surface area contributed by atoms with Crippen molar-refractivity contribution in [1.82, 2.24) is 9.88 Å². The Kier molecular flexibility index (Phi) is 5.26. The van der Waals surface area contributed by atoms with Gasteiger partial charge >= 0.3 is 0 Å². The molecule has 3 nitrogen and oxygen atoms in total. The fraction of sp³-hybridized carbons (Fsp3) is 0.733. The summed E-state index contributed by atoms with van der Waals surface area (Å²) in [7, 11) is 0. The smallest absolute Gasteiger partial charge is 0.122 e. The minimum absolute atomic E-state index is 0.547. The van der Waals surface area contributed by atoms with Gasteiger partial charge in [-0.25, -0.2) is 0 Å². The Morgan fingerprint density at radius 2 is 2.22 bits per heavy atom. The van der Waals surface area contributed by atoms with Gasteiger partial charge in [0, 0.05) is 25.0 Å². The fourth-order valence-corrected chi connectivity index (χ4v) is 2.72. The van der Waals surface area contributed by atoms with E-state index >= 15 is 0 Å². The summed E-state index contributed by atoms with van der Waals surface area (Å²) in [5, 5.41) is 3.68. The zero-order valence-corrected chi connectivity index (χ0v) is 11.7. The SMILES string of the molecule is CCCNC1CCCCc2cn(COCC)cc21. The Hall–Kier alpha value is -0.800. The van der Waals surface area contributed by atoms with E-state index in [9.17, 15) is 0 Å². The third-order valence-corrected chi connectivity index (χ3v) is 3.65. The van der Waals surface area contributed by atoms with Crippen molar-refractivity contribution in [3.05, 3.63) is 23.5 Å². The van der Waals surface area contributed by atoms with Crippen molar-refractivity contribution in [2.75, 3.05) is 13.2 Å². The number of fused-ring (bicyclic) bond motifs is 1. The van der Waals surface area contributed by atoms with Crippen LogP contribution in [0, 0.1) is 0 Å². The molecule has 0 amide bonds. The number of rotatable bonds is 6. The second kappa shape index (κ2) is 6.95. The first-order valence-electron chi connectivity index (χ1n) is 7.34. The summed E-state index contributed by atoms with van der Waals surface area (Å²) in [4.78, 5) is 0. The molecular formula is C15H26N2O. The van der Waals surface area contributed by atoms with Gasteiger partial charge in [-0.2, -0.15) is 0 Å². The molecule has 1 aromatic heterocycles. The molecule has 18 heavy (non-hydrogen) atoms. The summed E-state index contributed by atoms with van der Waals surface area (Å²) in [5.41, 5.74) is 3.02. The molecule has 1 atom stereocenters. The average molecular weight is 250 g/mol. The summed E-state index contributed by atoms with van der Waals surface area (Å²) in [6.07, 6.45) is 10.9. The number of aromatic nitrogens is 1. The van der Waals surface area contributed by atoms with Crippen molar-refractivity contribution in [3.8, 4) is 0 Å². The van der Waals surface area contributed by atoms with Crippen LogP contribution in [0.25, 0.3) is 0 Å². The summed E-state index contributed by atoms with van der Waals surface area (Å²) >= 11 is 0. The van der Waals surface area contributed by atoms with Gasteiger partial charge in [0.1, 0.15) is 6.73 Å². The van der Waals surface area contributed by atoms with E-state index < -0.39 is 0 Å². The van der Waals surface area contributed by atoms with Gasteiger partial charge in [-0.05, 0) is 50.3 Å². The summed E-state index contributed by atoms with van der Waals surface area (Å²) < 4.78 is 7.68. The van der Waals surface area contributed by atoms with Crippen molar-refractivity contribution in [2.45, 2.75) is 58.7 Å². The molecule has 1 aromatic rings. The van der Waals surface area contributed by atoms with E-state index in [0.717, 1.165) is 13.2 Å². The van der Waals surface area contributed by atoms with Gasteiger partial charge in [0.05, 0.1) is 0 Å². The van der Waals surface area contributed by atoms with Gasteiger partial charge in [-0.1, -0.05) is 13.3 Å². The molecule has 1 unspecified atom stereocenters. The lowest BCUT2D eigenvalue weighted by Crippen LogP contribution is -2.21. The highest BCUT2D eigenvalue weighted by molar-refractivity contribution is 5.29. The standard InChI is InChI=1S/C15H26N2O/c1-3-9-16-15-8-6-5-7-13-10-17(11-14(13)15)12-18-4-2/h10-11,15-16H,3-9,12H2,1-2H3. The van der Waals surface area contributed by atoms with Crippen LogP contribution in [0.15, 0.2) is 12.4 Å². The lowest BCUT2D eigenvalue weighted by atomic mass is 10.0. The third kappa shape index (κ3) is 3.36. The number of ether oxygens (including phenoxy) is 1. The second-order valence-corrected chi connectivity index (χ2v) is 5.13. The van der Waals surface area contributed by atoms with E-state index in [1.165, 1.54) is 43.2 Å². The van der Waals surface area contributed by atoms with E-state index in [1.54, 1.807) is 0 Å². The quantitative estimate of drug-likeness (QED) is 0.784. The van der Waals surface area contributed by atoms with Crippen LogP contribution in [0.2, 0.25) is 0 Å². The molecular weight excluding hydrogens is 224 g/mol.